The number of anilines is 1. The molecule has 1 N–H and O–H groups in total. The number of rotatable bonds is 2. The van der Waals surface area contributed by atoms with E-state index < -0.39 is 0 Å². The molecule has 1 saturated carbocycles. The fourth-order valence-corrected chi connectivity index (χ4v) is 2.79. The standard InChI is InChI=1S/C8H11BrN2S/c9-7-5-12-8(11-7)10-6-3-1-2-4-6/h5-6H,1-4H2,(H,10,11). The molecule has 0 atom stereocenters. The average molecular weight is 247 g/mol. The Balaban J connectivity index is 1.94. The summed E-state index contributed by atoms with van der Waals surface area (Å²) in [6.45, 7) is 0. The molecule has 4 heteroatoms. The van der Waals surface area contributed by atoms with Gasteiger partial charge < -0.3 is 5.32 Å². The molecule has 0 spiro atoms. The molecule has 0 bridgehead atoms. The molecule has 1 heterocycles. The second-order valence-electron chi connectivity index (χ2n) is 3.10. The van der Waals surface area contributed by atoms with Gasteiger partial charge in [0.25, 0.3) is 0 Å². The summed E-state index contributed by atoms with van der Waals surface area (Å²) in [7, 11) is 0. The second kappa shape index (κ2) is 3.75. The zero-order valence-electron chi connectivity index (χ0n) is 6.72. The summed E-state index contributed by atoms with van der Waals surface area (Å²) in [5, 5.41) is 6.50. The maximum absolute atomic E-state index is 4.30. The average Bonchev–Trinajstić information content (AvgIpc) is 2.63. The van der Waals surface area contributed by atoms with Gasteiger partial charge >= 0.3 is 0 Å². The third-order valence-corrected chi connectivity index (χ3v) is 3.64. The molecule has 1 aliphatic carbocycles. The summed E-state index contributed by atoms with van der Waals surface area (Å²) in [6.07, 6.45) is 5.34. The lowest BCUT2D eigenvalue weighted by molar-refractivity contribution is 0.754. The SMILES string of the molecule is Brc1csc(NC2CCCC2)n1. The van der Waals surface area contributed by atoms with Gasteiger partial charge in [0.1, 0.15) is 4.60 Å². The lowest BCUT2D eigenvalue weighted by atomic mass is 10.3. The van der Waals surface area contributed by atoms with Crippen molar-refractivity contribution in [1.29, 1.82) is 0 Å². The highest BCUT2D eigenvalue weighted by molar-refractivity contribution is 9.10. The molecule has 1 fully saturated rings. The zero-order chi connectivity index (χ0) is 8.39. The van der Waals surface area contributed by atoms with Crippen molar-refractivity contribution in [2.24, 2.45) is 0 Å². The van der Waals surface area contributed by atoms with E-state index in [0.29, 0.717) is 6.04 Å². The van der Waals surface area contributed by atoms with E-state index in [1.54, 1.807) is 11.3 Å². The van der Waals surface area contributed by atoms with Crippen LogP contribution in [0.3, 0.4) is 0 Å². The molecule has 0 radical (unpaired) electrons. The Morgan fingerprint density at radius 2 is 2.25 bits per heavy atom. The highest BCUT2D eigenvalue weighted by atomic mass is 79.9. The molecule has 1 aliphatic rings. The van der Waals surface area contributed by atoms with Crippen molar-refractivity contribution in [3.05, 3.63) is 9.98 Å². The minimum Gasteiger partial charge on any atom is -0.359 e. The molecule has 0 unspecified atom stereocenters. The fraction of sp³-hybridized carbons (Fsp3) is 0.625. The van der Waals surface area contributed by atoms with Crippen LogP contribution in [-0.4, -0.2) is 11.0 Å². The topological polar surface area (TPSA) is 24.9 Å². The zero-order valence-corrected chi connectivity index (χ0v) is 9.12. The normalized spacial score (nSPS) is 18.4. The van der Waals surface area contributed by atoms with Crippen LogP contribution in [0, 0.1) is 0 Å². The van der Waals surface area contributed by atoms with Crippen molar-refractivity contribution in [3.8, 4) is 0 Å². The van der Waals surface area contributed by atoms with Crippen LogP contribution in [0.15, 0.2) is 9.98 Å². The number of thiazole rings is 1. The number of nitrogens with zero attached hydrogens (tertiary/aromatic N) is 1. The minimum atomic E-state index is 0.669. The van der Waals surface area contributed by atoms with E-state index in [-0.39, 0.29) is 0 Å². The van der Waals surface area contributed by atoms with Crippen molar-refractivity contribution in [1.82, 2.24) is 4.98 Å². The molecule has 2 nitrogen and oxygen atoms in total. The van der Waals surface area contributed by atoms with Crippen molar-refractivity contribution < 1.29 is 0 Å². The third-order valence-electron chi connectivity index (χ3n) is 2.16. The van der Waals surface area contributed by atoms with Crippen molar-refractivity contribution >= 4 is 32.4 Å². The Morgan fingerprint density at radius 3 is 2.83 bits per heavy atom. The highest BCUT2D eigenvalue weighted by Gasteiger charge is 2.15. The van der Waals surface area contributed by atoms with Gasteiger partial charge in [-0.15, -0.1) is 11.3 Å². The molecule has 12 heavy (non-hydrogen) atoms. The number of aromatic nitrogens is 1. The van der Waals surface area contributed by atoms with Gasteiger partial charge in [-0.1, -0.05) is 12.8 Å². The quantitative estimate of drug-likeness (QED) is 0.867. The van der Waals surface area contributed by atoms with Gasteiger partial charge in [0, 0.05) is 11.4 Å². The Kier molecular flexibility index (Phi) is 2.66. The maximum Gasteiger partial charge on any atom is 0.183 e. The molecule has 2 rings (SSSR count). The summed E-state index contributed by atoms with van der Waals surface area (Å²) in [5.74, 6) is 0. The summed E-state index contributed by atoms with van der Waals surface area (Å²) in [5.41, 5.74) is 0. The van der Waals surface area contributed by atoms with Crippen LogP contribution in [0.2, 0.25) is 0 Å². The number of nitrogens with one attached hydrogen (secondary N) is 1. The lowest BCUT2D eigenvalue weighted by Gasteiger charge is -2.08. The first-order valence-corrected chi connectivity index (χ1v) is 5.89. The number of hydrogen-bond acceptors (Lipinski definition) is 3. The second-order valence-corrected chi connectivity index (χ2v) is 4.77. The monoisotopic (exact) mass is 246 g/mol. The van der Waals surface area contributed by atoms with E-state index in [0.717, 1.165) is 9.73 Å². The fourth-order valence-electron chi connectivity index (χ4n) is 1.57. The van der Waals surface area contributed by atoms with Crippen LogP contribution in [0.25, 0.3) is 0 Å². The van der Waals surface area contributed by atoms with Crippen LogP contribution in [-0.2, 0) is 0 Å². The first-order valence-electron chi connectivity index (χ1n) is 4.22. The van der Waals surface area contributed by atoms with E-state index >= 15 is 0 Å². The predicted octanol–water partition coefficient (Wildman–Crippen LogP) is 3.26. The number of halogens is 1. The van der Waals surface area contributed by atoms with Crippen LogP contribution in [0.5, 0.6) is 0 Å². The molecule has 1 aromatic heterocycles. The van der Waals surface area contributed by atoms with Gasteiger partial charge in [0.15, 0.2) is 5.13 Å². The third kappa shape index (κ3) is 1.98. The van der Waals surface area contributed by atoms with Gasteiger partial charge in [-0.2, -0.15) is 0 Å². The molecule has 0 aromatic carbocycles. The van der Waals surface area contributed by atoms with Crippen LogP contribution in [0.1, 0.15) is 25.7 Å². The highest BCUT2D eigenvalue weighted by Crippen LogP contribution is 2.25. The van der Waals surface area contributed by atoms with E-state index in [1.165, 1.54) is 25.7 Å². The van der Waals surface area contributed by atoms with Crippen LogP contribution >= 0.6 is 27.3 Å². The van der Waals surface area contributed by atoms with Crippen molar-refractivity contribution in [2.45, 2.75) is 31.7 Å². The van der Waals surface area contributed by atoms with Crippen molar-refractivity contribution in [2.75, 3.05) is 5.32 Å². The van der Waals surface area contributed by atoms with Gasteiger partial charge in [0.05, 0.1) is 0 Å². The van der Waals surface area contributed by atoms with Crippen molar-refractivity contribution in [3.63, 3.8) is 0 Å². The lowest BCUT2D eigenvalue weighted by Crippen LogP contribution is -2.13. The molecule has 0 saturated heterocycles. The summed E-state index contributed by atoms with van der Waals surface area (Å²) >= 11 is 5.01. The van der Waals surface area contributed by atoms with Crippen LogP contribution < -0.4 is 5.32 Å². The van der Waals surface area contributed by atoms with Crippen LogP contribution in [0.4, 0.5) is 5.13 Å². The van der Waals surface area contributed by atoms with E-state index in [9.17, 15) is 0 Å². The van der Waals surface area contributed by atoms with E-state index in [1.807, 2.05) is 5.38 Å². The Hall–Kier alpha value is -0.0900. The molecular formula is C8H11BrN2S. The largest absolute Gasteiger partial charge is 0.359 e. The molecule has 1 aromatic rings. The first-order chi connectivity index (χ1) is 5.84. The van der Waals surface area contributed by atoms with Gasteiger partial charge in [-0.25, -0.2) is 4.98 Å². The first kappa shape index (κ1) is 8.51. The summed E-state index contributed by atoms with van der Waals surface area (Å²) in [4.78, 5) is 4.30. The Morgan fingerprint density at radius 1 is 1.50 bits per heavy atom. The Bertz CT molecular complexity index is 255. The van der Waals surface area contributed by atoms with E-state index in [4.69, 9.17) is 0 Å². The van der Waals surface area contributed by atoms with Gasteiger partial charge in [-0.05, 0) is 28.8 Å². The Labute approximate surface area is 84.5 Å². The molecular weight excluding hydrogens is 236 g/mol. The smallest absolute Gasteiger partial charge is 0.183 e. The summed E-state index contributed by atoms with van der Waals surface area (Å²) < 4.78 is 0.938. The molecule has 0 amide bonds. The maximum atomic E-state index is 4.30. The summed E-state index contributed by atoms with van der Waals surface area (Å²) in [6, 6.07) is 0.669. The minimum absolute atomic E-state index is 0.669. The molecule has 66 valence electrons. The van der Waals surface area contributed by atoms with E-state index in [2.05, 4.69) is 26.2 Å². The molecule has 0 aliphatic heterocycles. The van der Waals surface area contributed by atoms with Gasteiger partial charge in [0.2, 0.25) is 0 Å². The van der Waals surface area contributed by atoms with Gasteiger partial charge in [-0.3, -0.25) is 0 Å². The number of hydrogen-bond donors (Lipinski definition) is 1. The predicted molar refractivity (Wildman–Crippen MR) is 55.7 cm³/mol.